The summed E-state index contributed by atoms with van der Waals surface area (Å²) in [5.74, 6) is -0.00245. The first kappa shape index (κ1) is 17.7. The van der Waals surface area contributed by atoms with Crippen LogP contribution in [-0.4, -0.2) is 19.0 Å². The number of hydrogen-bond donors (Lipinski definition) is 1. The molecule has 5 heteroatoms. The Hall–Kier alpha value is -2.14. The average molecular weight is 357 g/mol. The molecule has 0 unspecified atom stereocenters. The van der Waals surface area contributed by atoms with Gasteiger partial charge in [-0.05, 0) is 41.9 Å². The molecular weight excluding hydrogens is 334 g/mol. The lowest BCUT2D eigenvalue weighted by molar-refractivity contribution is -0.115. The highest BCUT2D eigenvalue weighted by atomic mass is 32.1. The van der Waals surface area contributed by atoms with Gasteiger partial charge in [0.1, 0.15) is 5.00 Å². The lowest BCUT2D eigenvalue weighted by Crippen LogP contribution is -2.16. The van der Waals surface area contributed by atoms with Gasteiger partial charge in [-0.2, -0.15) is 0 Å². The van der Waals surface area contributed by atoms with Crippen molar-refractivity contribution in [3.63, 3.8) is 0 Å². The van der Waals surface area contributed by atoms with E-state index in [0.29, 0.717) is 22.9 Å². The third kappa shape index (κ3) is 3.76. The van der Waals surface area contributed by atoms with E-state index in [-0.39, 0.29) is 11.9 Å². The van der Waals surface area contributed by atoms with Gasteiger partial charge < -0.3 is 10.1 Å². The maximum absolute atomic E-state index is 12.4. The van der Waals surface area contributed by atoms with E-state index in [9.17, 15) is 9.59 Å². The maximum Gasteiger partial charge on any atom is 0.341 e. The first-order valence-corrected chi connectivity index (χ1v) is 9.42. The van der Waals surface area contributed by atoms with E-state index < -0.39 is 0 Å². The van der Waals surface area contributed by atoms with Crippen molar-refractivity contribution in [2.24, 2.45) is 0 Å². The molecule has 1 N–H and O–H groups in total. The number of carbonyl (C=O) groups excluding carboxylic acids is 2. The highest BCUT2D eigenvalue weighted by Gasteiger charge is 2.27. The Morgan fingerprint density at radius 3 is 2.56 bits per heavy atom. The van der Waals surface area contributed by atoms with Gasteiger partial charge in [-0.25, -0.2) is 4.79 Å². The molecule has 2 aromatic rings. The minimum atomic E-state index is -0.365. The van der Waals surface area contributed by atoms with Crippen molar-refractivity contribution in [1.29, 1.82) is 0 Å². The van der Waals surface area contributed by atoms with Crippen LogP contribution in [0.4, 0.5) is 5.00 Å². The van der Waals surface area contributed by atoms with E-state index >= 15 is 0 Å². The second kappa shape index (κ2) is 7.40. The van der Waals surface area contributed by atoms with Crippen LogP contribution < -0.4 is 5.32 Å². The van der Waals surface area contributed by atoms with Crippen LogP contribution in [0, 0.1) is 0 Å². The summed E-state index contributed by atoms with van der Waals surface area (Å²) >= 11 is 1.50. The lowest BCUT2D eigenvalue weighted by Gasteiger charge is -2.08. The van der Waals surface area contributed by atoms with Crippen molar-refractivity contribution in [1.82, 2.24) is 0 Å². The van der Waals surface area contributed by atoms with E-state index in [1.54, 1.807) is 0 Å². The molecule has 0 radical (unpaired) electrons. The van der Waals surface area contributed by atoms with Crippen molar-refractivity contribution in [2.75, 3.05) is 12.4 Å². The van der Waals surface area contributed by atoms with Crippen molar-refractivity contribution in [2.45, 2.75) is 45.4 Å². The van der Waals surface area contributed by atoms with Crippen molar-refractivity contribution >= 4 is 28.2 Å². The monoisotopic (exact) mass is 357 g/mol. The van der Waals surface area contributed by atoms with Gasteiger partial charge in [0.25, 0.3) is 0 Å². The average Bonchev–Trinajstić information content (AvgIpc) is 3.15. The Morgan fingerprint density at radius 1 is 1.20 bits per heavy atom. The second-order valence-electron chi connectivity index (χ2n) is 6.67. The molecule has 0 aliphatic heterocycles. The molecule has 0 fully saturated rings. The van der Waals surface area contributed by atoms with Gasteiger partial charge in [0.2, 0.25) is 5.91 Å². The molecule has 0 atom stereocenters. The Morgan fingerprint density at radius 2 is 1.92 bits per heavy atom. The summed E-state index contributed by atoms with van der Waals surface area (Å²) in [6, 6.07) is 8.11. The van der Waals surface area contributed by atoms with Crippen LogP contribution in [-0.2, 0) is 28.8 Å². The Bertz CT molecular complexity index is 790. The molecule has 4 nitrogen and oxygen atoms in total. The van der Waals surface area contributed by atoms with Gasteiger partial charge in [-0.3, -0.25) is 4.79 Å². The predicted molar refractivity (Wildman–Crippen MR) is 101 cm³/mol. The summed E-state index contributed by atoms with van der Waals surface area (Å²) in [6.45, 7) is 4.29. The molecule has 1 aromatic carbocycles. The molecule has 1 aromatic heterocycles. The maximum atomic E-state index is 12.4. The summed E-state index contributed by atoms with van der Waals surface area (Å²) in [4.78, 5) is 25.8. The van der Waals surface area contributed by atoms with Crippen LogP contribution >= 0.6 is 11.3 Å². The topological polar surface area (TPSA) is 55.4 Å². The zero-order valence-corrected chi connectivity index (χ0v) is 15.7. The Balaban J connectivity index is 1.74. The molecule has 1 aliphatic carbocycles. The van der Waals surface area contributed by atoms with Gasteiger partial charge in [-0.1, -0.05) is 38.1 Å². The minimum Gasteiger partial charge on any atom is -0.465 e. The molecule has 1 heterocycles. The van der Waals surface area contributed by atoms with E-state index in [4.69, 9.17) is 4.74 Å². The van der Waals surface area contributed by atoms with Gasteiger partial charge in [0.15, 0.2) is 0 Å². The fraction of sp³-hybridized carbons (Fsp3) is 0.400. The van der Waals surface area contributed by atoms with Crippen molar-refractivity contribution in [3.05, 3.63) is 51.4 Å². The summed E-state index contributed by atoms with van der Waals surface area (Å²) in [7, 11) is 1.38. The van der Waals surface area contributed by atoms with E-state index in [1.165, 1.54) is 28.9 Å². The Kier molecular flexibility index (Phi) is 5.23. The molecule has 0 spiro atoms. The highest BCUT2D eigenvalue weighted by Crippen LogP contribution is 2.39. The number of esters is 1. The smallest absolute Gasteiger partial charge is 0.341 e. The number of carbonyl (C=O) groups is 2. The van der Waals surface area contributed by atoms with Crippen molar-refractivity contribution < 1.29 is 14.3 Å². The predicted octanol–water partition coefficient (Wildman–Crippen LogP) is 4.33. The molecule has 0 saturated heterocycles. The van der Waals surface area contributed by atoms with Crippen LogP contribution in [0.1, 0.15) is 58.1 Å². The third-order valence-electron chi connectivity index (χ3n) is 4.57. The van der Waals surface area contributed by atoms with E-state index in [0.717, 1.165) is 30.4 Å². The molecule has 0 bridgehead atoms. The lowest BCUT2D eigenvalue weighted by atomic mass is 10.0. The number of benzene rings is 1. The molecule has 3 rings (SSSR count). The van der Waals surface area contributed by atoms with Crippen LogP contribution in [0.3, 0.4) is 0 Å². The molecule has 1 aliphatic rings. The van der Waals surface area contributed by atoms with Crippen LogP contribution in [0.2, 0.25) is 0 Å². The third-order valence-corrected chi connectivity index (χ3v) is 5.78. The fourth-order valence-corrected chi connectivity index (χ4v) is 4.48. The summed E-state index contributed by atoms with van der Waals surface area (Å²) in [5.41, 5.74) is 3.81. The quantitative estimate of drug-likeness (QED) is 0.811. The number of hydrogen-bond acceptors (Lipinski definition) is 4. The van der Waals surface area contributed by atoms with Crippen LogP contribution in [0.15, 0.2) is 24.3 Å². The Labute approximate surface area is 152 Å². The van der Waals surface area contributed by atoms with Crippen molar-refractivity contribution in [3.8, 4) is 0 Å². The van der Waals surface area contributed by atoms with Gasteiger partial charge in [-0.15, -0.1) is 11.3 Å². The molecule has 132 valence electrons. The molecule has 0 saturated carbocycles. The SMILES string of the molecule is COC(=O)c1c(NC(=O)Cc2ccc(C(C)C)cc2)sc2c1CCC2. The summed E-state index contributed by atoms with van der Waals surface area (Å²) < 4.78 is 4.91. The number of ether oxygens (including phenoxy) is 1. The number of aryl methyl sites for hydroxylation is 1. The first-order valence-electron chi connectivity index (χ1n) is 8.61. The van der Waals surface area contributed by atoms with E-state index in [2.05, 4.69) is 31.3 Å². The first-order chi connectivity index (χ1) is 12.0. The second-order valence-corrected chi connectivity index (χ2v) is 7.78. The fourth-order valence-electron chi connectivity index (χ4n) is 3.19. The highest BCUT2D eigenvalue weighted by molar-refractivity contribution is 7.17. The van der Waals surface area contributed by atoms with Crippen LogP contribution in [0.5, 0.6) is 0 Å². The number of amides is 1. The normalized spacial score (nSPS) is 13.0. The van der Waals surface area contributed by atoms with Crippen LogP contribution in [0.25, 0.3) is 0 Å². The number of rotatable bonds is 5. The van der Waals surface area contributed by atoms with Gasteiger partial charge in [0.05, 0.1) is 19.1 Å². The zero-order chi connectivity index (χ0) is 18.0. The number of thiophene rings is 1. The largest absolute Gasteiger partial charge is 0.465 e. The summed E-state index contributed by atoms with van der Waals surface area (Å²) in [6.07, 6.45) is 3.20. The van der Waals surface area contributed by atoms with Gasteiger partial charge >= 0.3 is 5.97 Å². The minimum absolute atomic E-state index is 0.109. The zero-order valence-electron chi connectivity index (χ0n) is 14.8. The number of fused-ring (bicyclic) bond motifs is 1. The molecule has 25 heavy (non-hydrogen) atoms. The standard InChI is InChI=1S/C20H23NO3S/c1-12(2)14-9-7-13(8-10-14)11-17(22)21-19-18(20(23)24-3)15-5-4-6-16(15)25-19/h7-10,12H,4-6,11H2,1-3H3,(H,21,22). The van der Waals surface area contributed by atoms with Gasteiger partial charge in [0, 0.05) is 4.88 Å². The number of nitrogens with one attached hydrogen (secondary N) is 1. The summed E-state index contributed by atoms with van der Waals surface area (Å²) in [5, 5.41) is 3.55. The van der Waals surface area contributed by atoms with E-state index in [1.807, 2.05) is 12.1 Å². The molecular formula is C20H23NO3S. The number of anilines is 1. The number of methoxy groups -OCH3 is 1. The molecule has 1 amide bonds.